The summed E-state index contributed by atoms with van der Waals surface area (Å²) in [6.07, 6.45) is 0. The van der Waals surface area contributed by atoms with E-state index in [1.165, 1.54) is 22.3 Å². The minimum atomic E-state index is -0.198. The maximum absolute atomic E-state index is 7.09. The molecule has 0 bridgehead atoms. The number of furan rings is 2. The molecule has 13 aromatic carbocycles. The van der Waals surface area contributed by atoms with Crippen LogP contribution in [0.1, 0.15) is 105 Å². The van der Waals surface area contributed by atoms with Crippen LogP contribution in [0.25, 0.3) is 111 Å². The third kappa shape index (κ3) is 12.0. The number of hydrogen-bond donors (Lipinski definition) is 0. The number of nitrogens with zero attached hydrogens (tertiary/aromatic N) is 2. The average Bonchev–Trinajstić information content (AvgIpc) is 0.877. The van der Waals surface area contributed by atoms with Gasteiger partial charge in [-0.25, -0.2) is 0 Å². The van der Waals surface area contributed by atoms with Crippen molar-refractivity contribution >= 4 is 78.0 Å². The number of anilines is 6. The maximum atomic E-state index is 7.09. The number of benzene rings is 13. The summed E-state index contributed by atoms with van der Waals surface area (Å²) >= 11 is 0. The largest absolute Gasteiger partial charge is 0.456 e. The van der Waals surface area contributed by atoms with Crippen LogP contribution >= 0.6 is 0 Å². The van der Waals surface area contributed by atoms with Crippen LogP contribution in [0.15, 0.2) is 300 Å². The molecule has 4 nitrogen and oxygen atoms in total. The summed E-state index contributed by atoms with van der Waals surface area (Å²) in [5.41, 5.74) is 26.9. The molecule has 0 aliphatic carbocycles. The summed E-state index contributed by atoms with van der Waals surface area (Å²) in [6.45, 7) is 27.9. The molecule has 0 radical (unpaired) electrons. The SMILES string of the molecule is CC(C)(C)c1cccc(N(c2cc(-c3cc(-c4ccc5oc6ccccc6c5c4)c4oc5ccccc5c4c3)cc(N(c3cccc(C(C)(C)C)c3)c3c(-c4ccccc4)cc(C(C)(C)C)cc3-c3ccccc3)c2)c2c(-c3ccccc3)cc(C(C)(C)C)cc2-c2ccccc2)c1. The molecule has 2 aromatic heterocycles. The number of para-hydroxylation sites is 2. The second kappa shape index (κ2) is 24.6. The Morgan fingerprint density at radius 1 is 0.214 bits per heavy atom. The van der Waals surface area contributed by atoms with Crippen LogP contribution in [0.5, 0.6) is 0 Å². The summed E-state index contributed by atoms with van der Waals surface area (Å²) in [7, 11) is 0. The van der Waals surface area contributed by atoms with Crippen molar-refractivity contribution in [3.8, 4) is 66.8 Å². The first-order valence-electron chi connectivity index (χ1n) is 34.5. The lowest BCUT2D eigenvalue weighted by molar-refractivity contribution is 0.590. The highest BCUT2D eigenvalue weighted by Gasteiger charge is 2.32. The predicted octanol–water partition coefficient (Wildman–Crippen LogP) is 27.6. The second-order valence-corrected chi connectivity index (χ2v) is 30.6. The molecule has 0 N–H and O–H groups in total. The third-order valence-corrected chi connectivity index (χ3v) is 19.6. The summed E-state index contributed by atoms with van der Waals surface area (Å²) in [6, 6.07) is 108. The Bertz CT molecular complexity index is 5130. The first-order chi connectivity index (χ1) is 47.1. The quantitative estimate of drug-likeness (QED) is 0.122. The van der Waals surface area contributed by atoms with E-state index < -0.39 is 0 Å². The van der Waals surface area contributed by atoms with Gasteiger partial charge in [0.05, 0.1) is 11.4 Å². The maximum Gasteiger partial charge on any atom is 0.143 e. The molecule has 0 saturated heterocycles. The zero-order valence-corrected chi connectivity index (χ0v) is 58.4. The molecule has 0 amide bonds. The normalized spacial score (nSPS) is 12.3. The molecule has 0 aliphatic rings. The van der Waals surface area contributed by atoms with Crippen molar-refractivity contribution in [2.24, 2.45) is 0 Å². The highest BCUT2D eigenvalue weighted by Crippen LogP contribution is 2.55. The molecule has 2 heterocycles. The number of hydrogen-bond acceptors (Lipinski definition) is 4. The molecule has 0 spiro atoms. The van der Waals surface area contributed by atoms with Gasteiger partial charge in [0.15, 0.2) is 0 Å². The van der Waals surface area contributed by atoms with Crippen LogP contribution < -0.4 is 9.80 Å². The van der Waals surface area contributed by atoms with Crippen LogP contribution in [-0.2, 0) is 21.7 Å². The van der Waals surface area contributed by atoms with Gasteiger partial charge >= 0.3 is 0 Å². The average molecular weight is 1270 g/mol. The lowest BCUT2D eigenvalue weighted by Gasteiger charge is -2.36. The van der Waals surface area contributed by atoms with Gasteiger partial charge in [-0.2, -0.15) is 0 Å². The van der Waals surface area contributed by atoms with E-state index in [0.717, 1.165) is 145 Å². The van der Waals surface area contributed by atoms with Crippen LogP contribution in [0, 0.1) is 0 Å². The first kappa shape index (κ1) is 63.1. The standard InChI is InChI=1S/C94H84N2O2/c1-91(2,3)68-39-29-41-72(54-68)95(88-78(61-31-17-13-18-32-61)56-70(93(7,8)9)57-79(88)62-33-19-14-20-34-62)74-49-66(67-52-82(90-84(53-67)77-44-26-28-46-86(77)98-90)65-47-48-87-83(51-65)76-43-25-27-45-85(76)97-87)50-75(60-74)96(73-42-30-40-69(55-73)92(4,5)6)89-80(63-35-21-15-22-36-63)58-71(94(10,11)12)59-81(89)64-37-23-16-24-38-64/h13-60H,1-12H3. The van der Waals surface area contributed by atoms with Gasteiger partial charge in [0.1, 0.15) is 22.3 Å². The van der Waals surface area contributed by atoms with E-state index in [-0.39, 0.29) is 21.7 Å². The second-order valence-electron chi connectivity index (χ2n) is 30.6. The van der Waals surface area contributed by atoms with Crippen molar-refractivity contribution in [2.75, 3.05) is 9.80 Å². The highest BCUT2D eigenvalue weighted by atomic mass is 16.3. The van der Waals surface area contributed by atoms with Crippen molar-refractivity contribution in [3.05, 3.63) is 313 Å². The summed E-state index contributed by atoms with van der Waals surface area (Å²) in [5, 5.41) is 4.22. The van der Waals surface area contributed by atoms with E-state index in [1.54, 1.807) is 0 Å². The van der Waals surface area contributed by atoms with Gasteiger partial charge in [0.25, 0.3) is 0 Å². The molecule has 0 fully saturated rings. The molecule has 0 unspecified atom stereocenters. The fourth-order valence-electron chi connectivity index (χ4n) is 14.1. The molecule has 0 aliphatic heterocycles. The first-order valence-corrected chi connectivity index (χ1v) is 34.5. The van der Waals surface area contributed by atoms with E-state index in [2.05, 4.69) is 378 Å². The number of rotatable bonds is 12. The van der Waals surface area contributed by atoms with Crippen molar-refractivity contribution in [1.82, 2.24) is 0 Å². The van der Waals surface area contributed by atoms with E-state index in [1.807, 2.05) is 6.07 Å². The van der Waals surface area contributed by atoms with Crippen molar-refractivity contribution in [2.45, 2.75) is 105 Å². The predicted molar refractivity (Wildman–Crippen MR) is 418 cm³/mol. The van der Waals surface area contributed by atoms with Gasteiger partial charge in [0.2, 0.25) is 0 Å². The molecule has 0 atom stereocenters. The van der Waals surface area contributed by atoms with E-state index >= 15 is 0 Å². The van der Waals surface area contributed by atoms with Crippen LogP contribution in [0.2, 0.25) is 0 Å². The Balaban J connectivity index is 1.14. The van der Waals surface area contributed by atoms with Gasteiger partial charge < -0.3 is 18.6 Å². The molecule has 482 valence electrons. The Kier molecular flexibility index (Phi) is 15.9. The van der Waals surface area contributed by atoms with E-state index in [4.69, 9.17) is 8.83 Å². The zero-order chi connectivity index (χ0) is 67.8. The van der Waals surface area contributed by atoms with Gasteiger partial charge in [-0.15, -0.1) is 0 Å². The van der Waals surface area contributed by atoms with Gasteiger partial charge in [-0.1, -0.05) is 271 Å². The minimum absolute atomic E-state index is 0.185. The Hall–Kier alpha value is -10.9. The molecule has 4 heteroatoms. The molecule has 15 aromatic rings. The van der Waals surface area contributed by atoms with Gasteiger partial charge in [-0.05, 0) is 186 Å². The molecule has 98 heavy (non-hydrogen) atoms. The zero-order valence-electron chi connectivity index (χ0n) is 58.4. The van der Waals surface area contributed by atoms with Crippen LogP contribution in [0.3, 0.4) is 0 Å². The molecule has 15 rings (SSSR count). The lowest BCUT2D eigenvalue weighted by Crippen LogP contribution is -2.19. The van der Waals surface area contributed by atoms with Crippen molar-refractivity contribution < 1.29 is 8.83 Å². The van der Waals surface area contributed by atoms with Crippen LogP contribution in [0.4, 0.5) is 34.1 Å². The van der Waals surface area contributed by atoms with Crippen molar-refractivity contribution in [3.63, 3.8) is 0 Å². The van der Waals surface area contributed by atoms with Gasteiger partial charge in [-0.3, -0.25) is 0 Å². The summed E-state index contributed by atoms with van der Waals surface area (Å²) in [4.78, 5) is 5.18. The lowest BCUT2D eigenvalue weighted by atomic mass is 9.81. The number of fused-ring (bicyclic) bond motifs is 6. The summed E-state index contributed by atoms with van der Waals surface area (Å²) < 4.78 is 13.6. The Morgan fingerprint density at radius 2 is 0.571 bits per heavy atom. The van der Waals surface area contributed by atoms with Crippen LogP contribution in [-0.4, -0.2) is 0 Å². The minimum Gasteiger partial charge on any atom is -0.456 e. The smallest absolute Gasteiger partial charge is 0.143 e. The van der Waals surface area contributed by atoms with E-state index in [0.29, 0.717) is 0 Å². The molecular formula is C94H84N2O2. The fourth-order valence-corrected chi connectivity index (χ4v) is 14.1. The highest BCUT2D eigenvalue weighted by molar-refractivity contribution is 6.14. The Labute approximate surface area is 578 Å². The molecule has 0 saturated carbocycles. The third-order valence-electron chi connectivity index (χ3n) is 19.6. The van der Waals surface area contributed by atoms with Gasteiger partial charge in [0, 0.05) is 72.1 Å². The van der Waals surface area contributed by atoms with E-state index in [9.17, 15) is 0 Å². The summed E-state index contributed by atoms with van der Waals surface area (Å²) in [5.74, 6) is 0. The Morgan fingerprint density at radius 3 is 0.990 bits per heavy atom. The monoisotopic (exact) mass is 1270 g/mol. The molecular weight excluding hydrogens is 1190 g/mol. The topological polar surface area (TPSA) is 32.8 Å². The van der Waals surface area contributed by atoms with Crippen molar-refractivity contribution in [1.29, 1.82) is 0 Å². The fraction of sp³-hybridized carbons (Fsp3) is 0.170.